The molecule has 0 aliphatic carbocycles. The number of halogens is 1. The molecule has 0 fully saturated rings. The zero-order chi connectivity index (χ0) is 17.7. The van der Waals surface area contributed by atoms with Gasteiger partial charge in [-0.2, -0.15) is 4.72 Å². The molecule has 0 saturated carbocycles. The first-order valence-corrected chi connectivity index (χ1v) is 9.18. The van der Waals surface area contributed by atoms with Crippen molar-refractivity contribution in [2.75, 3.05) is 12.4 Å². The minimum atomic E-state index is -3.79. The minimum absolute atomic E-state index is 0.0801. The van der Waals surface area contributed by atoms with E-state index in [1.165, 1.54) is 32.4 Å². The van der Waals surface area contributed by atoms with Gasteiger partial charge in [0.15, 0.2) is 0 Å². The van der Waals surface area contributed by atoms with Gasteiger partial charge in [-0.05, 0) is 37.3 Å². The van der Waals surface area contributed by atoms with E-state index in [2.05, 4.69) is 31.0 Å². The lowest BCUT2D eigenvalue weighted by Crippen LogP contribution is -2.41. The predicted octanol–water partition coefficient (Wildman–Crippen LogP) is 2.16. The van der Waals surface area contributed by atoms with E-state index in [1.807, 2.05) is 0 Å². The summed E-state index contributed by atoms with van der Waals surface area (Å²) in [7, 11) is -2.31. The van der Waals surface area contributed by atoms with Crippen LogP contribution in [0.15, 0.2) is 52.0 Å². The Bertz CT molecular complexity index is 808. The average molecular weight is 414 g/mol. The van der Waals surface area contributed by atoms with Crippen LogP contribution in [0.3, 0.4) is 0 Å². The quantitative estimate of drug-likeness (QED) is 0.755. The Morgan fingerprint density at radius 3 is 2.42 bits per heavy atom. The number of nitrogens with zero attached hydrogens (tertiary/aromatic N) is 1. The number of pyridine rings is 1. The Labute approximate surface area is 148 Å². The number of nitrogens with one attached hydrogen (secondary N) is 2. The van der Waals surface area contributed by atoms with Gasteiger partial charge in [-0.25, -0.2) is 13.4 Å². The molecule has 2 aromatic rings. The third kappa shape index (κ3) is 4.76. The number of amides is 1. The van der Waals surface area contributed by atoms with Gasteiger partial charge in [-0.3, -0.25) is 4.79 Å². The van der Waals surface area contributed by atoms with Crippen LogP contribution < -0.4 is 14.8 Å². The van der Waals surface area contributed by atoms with Crippen LogP contribution in [-0.4, -0.2) is 32.5 Å². The Kier molecular flexibility index (Phi) is 5.92. The summed E-state index contributed by atoms with van der Waals surface area (Å²) >= 11 is 3.24. The van der Waals surface area contributed by atoms with Crippen LogP contribution in [0.4, 0.5) is 5.69 Å². The number of hydrogen-bond donors (Lipinski definition) is 2. The lowest BCUT2D eigenvalue weighted by molar-refractivity contribution is -0.117. The highest BCUT2D eigenvalue weighted by Gasteiger charge is 2.22. The zero-order valence-corrected chi connectivity index (χ0v) is 15.4. The summed E-state index contributed by atoms with van der Waals surface area (Å²) in [6, 6.07) is 8.37. The third-order valence-corrected chi connectivity index (χ3v) is 5.15. The second kappa shape index (κ2) is 7.73. The second-order valence-electron chi connectivity index (χ2n) is 4.88. The van der Waals surface area contributed by atoms with Crippen LogP contribution in [-0.2, 0) is 14.8 Å². The van der Waals surface area contributed by atoms with Gasteiger partial charge in [0.25, 0.3) is 0 Å². The van der Waals surface area contributed by atoms with Crippen molar-refractivity contribution in [3.63, 3.8) is 0 Å². The van der Waals surface area contributed by atoms with Gasteiger partial charge >= 0.3 is 0 Å². The molecule has 128 valence electrons. The molecule has 1 atom stereocenters. The summed E-state index contributed by atoms with van der Waals surface area (Å²) in [4.78, 5) is 16.2. The molecule has 1 aromatic heterocycles. The summed E-state index contributed by atoms with van der Waals surface area (Å²) in [5.74, 6) is -0.0837. The van der Waals surface area contributed by atoms with Gasteiger partial charge in [0.2, 0.25) is 21.8 Å². The number of sulfonamides is 1. The number of hydrogen-bond acceptors (Lipinski definition) is 5. The fourth-order valence-electron chi connectivity index (χ4n) is 1.79. The largest absolute Gasteiger partial charge is 0.481 e. The van der Waals surface area contributed by atoms with Crippen LogP contribution in [0.5, 0.6) is 5.88 Å². The van der Waals surface area contributed by atoms with Crippen LogP contribution >= 0.6 is 15.9 Å². The number of carbonyl (C=O) groups is 1. The lowest BCUT2D eigenvalue weighted by atomic mass is 10.3. The molecule has 0 spiro atoms. The van der Waals surface area contributed by atoms with Gasteiger partial charge in [0.05, 0.1) is 29.9 Å². The van der Waals surface area contributed by atoms with Crippen molar-refractivity contribution in [3.8, 4) is 5.88 Å². The highest BCUT2D eigenvalue weighted by Crippen LogP contribution is 2.15. The Balaban J connectivity index is 2.03. The monoisotopic (exact) mass is 413 g/mol. The molecule has 1 aromatic carbocycles. The standard InChI is InChI=1S/C15H16BrN3O4S/c1-10(15(20)18-12-5-8-14(23-2)17-9-12)19-24(21,22)13-6-3-11(16)4-7-13/h3-10,19H,1-2H3,(H,18,20). The van der Waals surface area contributed by atoms with Crippen molar-refractivity contribution in [2.24, 2.45) is 0 Å². The van der Waals surface area contributed by atoms with E-state index < -0.39 is 22.0 Å². The van der Waals surface area contributed by atoms with Crippen molar-refractivity contribution in [2.45, 2.75) is 17.9 Å². The molecular formula is C15H16BrN3O4S. The fourth-order valence-corrected chi connectivity index (χ4v) is 3.26. The molecule has 0 aliphatic rings. The van der Waals surface area contributed by atoms with Gasteiger partial charge < -0.3 is 10.1 Å². The summed E-state index contributed by atoms with van der Waals surface area (Å²) in [5.41, 5.74) is 0.440. The average Bonchev–Trinajstić information content (AvgIpc) is 2.55. The van der Waals surface area contributed by atoms with Gasteiger partial charge in [-0.1, -0.05) is 15.9 Å². The van der Waals surface area contributed by atoms with Crippen molar-refractivity contribution < 1.29 is 17.9 Å². The molecule has 1 heterocycles. The highest BCUT2D eigenvalue weighted by molar-refractivity contribution is 9.10. The summed E-state index contributed by atoms with van der Waals surface area (Å²) < 4.78 is 32.5. The van der Waals surface area contributed by atoms with E-state index >= 15 is 0 Å². The SMILES string of the molecule is COc1ccc(NC(=O)C(C)NS(=O)(=O)c2ccc(Br)cc2)cn1. The molecule has 9 heteroatoms. The molecule has 0 radical (unpaired) electrons. The molecule has 0 bridgehead atoms. The number of methoxy groups -OCH3 is 1. The van der Waals surface area contributed by atoms with E-state index in [0.29, 0.717) is 11.6 Å². The van der Waals surface area contributed by atoms with E-state index in [-0.39, 0.29) is 4.90 Å². The minimum Gasteiger partial charge on any atom is -0.481 e. The Hall–Kier alpha value is -1.97. The zero-order valence-electron chi connectivity index (χ0n) is 13.0. The lowest BCUT2D eigenvalue weighted by Gasteiger charge is -2.14. The molecule has 2 rings (SSSR count). The normalized spacial score (nSPS) is 12.5. The first-order valence-electron chi connectivity index (χ1n) is 6.90. The van der Waals surface area contributed by atoms with Crippen molar-refractivity contribution >= 4 is 37.5 Å². The third-order valence-electron chi connectivity index (χ3n) is 3.06. The summed E-state index contributed by atoms with van der Waals surface area (Å²) in [6.45, 7) is 1.46. The van der Waals surface area contributed by atoms with Crippen LogP contribution in [0.1, 0.15) is 6.92 Å². The van der Waals surface area contributed by atoms with Gasteiger partial charge in [-0.15, -0.1) is 0 Å². The topological polar surface area (TPSA) is 97.4 Å². The van der Waals surface area contributed by atoms with Gasteiger partial charge in [0.1, 0.15) is 0 Å². The van der Waals surface area contributed by atoms with E-state index in [9.17, 15) is 13.2 Å². The number of carbonyl (C=O) groups excluding carboxylic acids is 1. The first kappa shape index (κ1) is 18.4. The van der Waals surface area contributed by atoms with Crippen LogP contribution in [0.25, 0.3) is 0 Å². The molecule has 7 nitrogen and oxygen atoms in total. The van der Waals surface area contributed by atoms with E-state index in [4.69, 9.17) is 4.74 Å². The summed E-state index contributed by atoms with van der Waals surface area (Å²) in [5, 5.41) is 2.58. The molecule has 0 aliphatic heterocycles. The van der Waals surface area contributed by atoms with Crippen molar-refractivity contribution in [3.05, 3.63) is 47.1 Å². The molecule has 1 amide bonds. The Morgan fingerprint density at radius 2 is 1.88 bits per heavy atom. The van der Waals surface area contributed by atoms with E-state index in [0.717, 1.165) is 4.47 Å². The second-order valence-corrected chi connectivity index (χ2v) is 7.51. The van der Waals surface area contributed by atoms with Crippen molar-refractivity contribution in [1.82, 2.24) is 9.71 Å². The number of rotatable bonds is 6. The van der Waals surface area contributed by atoms with Crippen LogP contribution in [0, 0.1) is 0 Å². The number of anilines is 1. The Morgan fingerprint density at radius 1 is 1.21 bits per heavy atom. The molecule has 0 saturated heterocycles. The molecule has 24 heavy (non-hydrogen) atoms. The maximum Gasteiger partial charge on any atom is 0.242 e. The number of aromatic nitrogens is 1. The van der Waals surface area contributed by atoms with Crippen LogP contribution in [0.2, 0.25) is 0 Å². The fraction of sp³-hybridized carbons (Fsp3) is 0.200. The summed E-state index contributed by atoms with van der Waals surface area (Å²) in [6.07, 6.45) is 1.42. The first-order chi connectivity index (χ1) is 11.3. The number of ether oxygens (including phenoxy) is 1. The predicted molar refractivity (Wildman–Crippen MR) is 93.3 cm³/mol. The molecule has 1 unspecified atom stereocenters. The molecular weight excluding hydrogens is 398 g/mol. The van der Waals surface area contributed by atoms with Crippen molar-refractivity contribution in [1.29, 1.82) is 0 Å². The molecule has 2 N–H and O–H groups in total. The maximum atomic E-state index is 12.3. The maximum absolute atomic E-state index is 12.3. The number of benzene rings is 1. The van der Waals surface area contributed by atoms with E-state index in [1.54, 1.807) is 24.3 Å². The smallest absolute Gasteiger partial charge is 0.242 e. The van der Waals surface area contributed by atoms with Gasteiger partial charge in [0, 0.05) is 10.5 Å². The highest BCUT2D eigenvalue weighted by atomic mass is 79.9.